The van der Waals surface area contributed by atoms with Crippen LogP contribution in [-0.4, -0.2) is 17.1 Å². The van der Waals surface area contributed by atoms with E-state index in [4.69, 9.17) is 11.6 Å². The van der Waals surface area contributed by atoms with Gasteiger partial charge < -0.3 is 15.7 Å². The molecule has 5 nitrogen and oxygen atoms in total. The summed E-state index contributed by atoms with van der Waals surface area (Å²) in [6.07, 6.45) is 0. The Labute approximate surface area is 130 Å². The predicted octanol–water partition coefficient (Wildman–Crippen LogP) is 3.03. The van der Waals surface area contributed by atoms with Crippen LogP contribution in [0.4, 0.5) is 4.79 Å². The number of carboxylic acids is 1. The van der Waals surface area contributed by atoms with Gasteiger partial charge in [0.05, 0.1) is 10.9 Å². The summed E-state index contributed by atoms with van der Waals surface area (Å²) in [5, 5.41) is 14.2. The lowest BCUT2D eigenvalue weighted by Crippen LogP contribution is -2.40. The first-order chi connectivity index (χ1) is 10.1. The monoisotopic (exact) mass is 324 g/mol. The molecule has 3 N–H and O–H groups in total. The van der Waals surface area contributed by atoms with Gasteiger partial charge in [0.25, 0.3) is 0 Å². The maximum Gasteiger partial charge on any atom is 0.330 e. The third-order valence-electron chi connectivity index (χ3n) is 2.71. The SMILES string of the molecule is O=C(NCc1ccc(Cl)s1)NC(C(=O)O)c1ccccc1. The van der Waals surface area contributed by atoms with Gasteiger partial charge >= 0.3 is 12.0 Å². The molecule has 2 aromatic rings. The van der Waals surface area contributed by atoms with Gasteiger partial charge in [-0.3, -0.25) is 0 Å². The minimum atomic E-state index is -1.12. The summed E-state index contributed by atoms with van der Waals surface area (Å²) < 4.78 is 0.639. The van der Waals surface area contributed by atoms with Crippen molar-refractivity contribution < 1.29 is 14.7 Å². The van der Waals surface area contributed by atoms with E-state index in [0.717, 1.165) is 4.88 Å². The second-order valence-electron chi connectivity index (χ2n) is 4.21. The fraction of sp³-hybridized carbons (Fsp3) is 0.143. The molecular weight excluding hydrogens is 312 g/mol. The Hall–Kier alpha value is -2.05. The molecule has 0 bridgehead atoms. The molecule has 0 radical (unpaired) electrons. The third-order valence-corrected chi connectivity index (χ3v) is 3.94. The van der Waals surface area contributed by atoms with E-state index >= 15 is 0 Å². The van der Waals surface area contributed by atoms with Crippen LogP contribution in [0.3, 0.4) is 0 Å². The molecule has 0 saturated carbocycles. The number of aliphatic carboxylic acids is 1. The molecule has 1 aromatic carbocycles. The number of hydrogen-bond donors (Lipinski definition) is 3. The van der Waals surface area contributed by atoms with Crippen molar-refractivity contribution in [3.63, 3.8) is 0 Å². The molecule has 0 aliphatic heterocycles. The number of amides is 2. The van der Waals surface area contributed by atoms with Crippen LogP contribution >= 0.6 is 22.9 Å². The summed E-state index contributed by atoms with van der Waals surface area (Å²) >= 11 is 7.15. The van der Waals surface area contributed by atoms with Gasteiger partial charge in [0.2, 0.25) is 0 Å². The third kappa shape index (κ3) is 4.47. The molecule has 21 heavy (non-hydrogen) atoms. The van der Waals surface area contributed by atoms with E-state index in [-0.39, 0.29) is 0 Å². The van der Waals surface area contributed by atoms with Crippen LogP contribution in [-0.2, 0) is 11.3 Å². The normalized spacial score (nSPS) is 11.7. The van der Waals surface area contributed by atoms with Gasteiger partial charge in [-0.2, -0.15) is 0 Å². The highest BCUT2D eigenvalue weighted by Crippen LogP contribution is 2.21. The quantitative estimate of drug-likeness (QED) is 0.791. The maximum absolute atomic E-state index is 11.8. The fourth-order valence-electron chi connectivity index (χ4n) is 1.73. The lowest BCUT2D eigenvalue weighted by atomic mass is 10.1. The molecule has 1 atom stereocenters. The number of carbonyl (C=O) groups is 2. The van der Waals surface area contributed by atoms with Crippen LogP contribution in [0.25, 0.3) is 0 Å². The van der Waals surface area contributed by atoms with Crippen molar-refractivity contribution in [1.82, 2.24) is 10.6 Å². The summed E-state index contributed by atoms with van der Waals surface area (Å²) in [7, 11) is 0. The van der Waals surface area contributed by atoms with Gasteiger partial charge in [-0.15, -0.1) is 11.3 Å². The second-order valence-corrected chi connectivity index (χ2v) is 6.01. The van der Waals surface area contributed by atoms with Gasteiger partial charge in [-0.05, 0) is 17.7 Å². The zero-order valence-corrected chi connectivity index (χ0v) is 12.4. The lowest BCUT2D eigenvalue weighted by molar-refractivity contribution is -0.139. The number of benzene rings is 1. The van der Waals surface area contributed by atoms with Gasteiger partial charge in [-0.1, -0.05) is 41.9 Å². The molecule has 2 rings (SSSR count). The highest BCUT2D eigenvalue weighted by molar-refractivity contribution is 7.16. The van der Waals surface area contributed by atoms with Gasteiger partial charge in [0.15, 0.2) is 6.04 Å². The number of hydrogen-bond acceptors (Lipinski definition) is 3. The molecule has 0 fully saturated rings. The molecule has 0 aliphatic rings. The largest absolute Gasteiger partial charge is 0.479 e. The molecule has 0 saturated heterocycles. The van der Waals surface area contributed by atoms with Crippen LogP contribution in [0.15, 0.2) is 42.5 Å². The van der Waals surface area contributed by atoms with Crippen molar-refractivity contribution in [3.8, 4) is 0 Å². The number of halogens is 1. The zero-order valence-electron chi connectivity index (χ0n) is 10.9. The minimum Gasteiger partial charge on any atom is -0.479 e. The smallest absolute Gasteiger partial charge is 0.330 e. The average Bonchev–Trinajstić information content (AvgIpc) is 2.89. The van der Waals surface area contributed by atoms with Crippen molar-refractivity contribution in [1.29, 1.82) is 0 Å². The van der Waals surface area contributed by atoms with Crippen LogP contribution < -0.4 is 10.6 Å². The maximum atomic E-state index is 11.8. The number of rotatable bonds is 5. The molecular formula is C14H13ClN2O3S. The summed E-state index contributed by atoms with van der Waals surface area (Å²) in [5.74, 6) is -1.12. The van der Waals surface area contributed by atoms with E-state index < -0.39 is 18.0 Å². The Bertz CT molecular complexity index is 630. The standard InChI is InChI=1S/C14H13ClN2O3S/c15-11-7-6-10(21-11)8-16-14(20)17-12(13(18)19)9-4-2-1-3-5-9/h1-7,12H,8H2,(H,18,19)(H2,16,17,20). The average molecular weight is 325 g/mol. The van der Waals surface area contributed by atoms with E-state index in [0.29, 0.717) is 16.4 Å². The molecule has 1 aromatic heterocycles. The van der Waals surface area contributed by atoms with E-state index in [1.54, 1.807) is 42.5 Å². The highest BCUT2D eigenvalue weighted by atomic mass is 35.5. The minimum absolute atomic E-state index is 0.296. The summed E-state index contributed by atoms with van der Waals surface area (Å²) in [6, 6.07) is 10.4. The van der Waals surface area contributed by atoms with Gasteiger partial charge in [-0.25, -0.2) is 9.59 Å². The van der Waals surface area contributed by atoms with E-state index in [2.05, 4.69) is 10.6 Å². The van der Waals surface area contributed by atoms with E-state index in [1.165, 1.54) is 11.3 Å². The highest BCUT2D eigenvalue weighted by Gasteiger charge is 2.21. The van der Waals surface area contributed by atoms with Crippen LogP contribution in [0.1, 0.15) is 16.5 Å². The summed E-state index contributed by atoms with van der Waals surface area (Å²) in [6.45, 7) is 0.296. The van der Waals surface area contributed by atoms with Gasteiger partial charge in [0.1, 0.15) is 0 Å². The molecule has 2 amide bonds. The Morgan fingerprint density at radius 1 is 1.19 bits per heavy atom. The van der Waals surface area contributed by atoms with Crippen molar-refractivity contribution >= 4 is 34.9 Å². The molecule has 0 aliphatic carbocycles. The summed E-state index contributed by atoms with van der Waals surface area (Å²) in [5.41, 5.74) is 0.513. The molecule has 0 spiro atoms. The molecule has 1 unspecified atom stereocenters. The van der Waals surface area contributed by atoms with E-state index in [9.17, 15) is 14.7 Å². The Morgan fingerprint density at radius 3 is 2.48 bits per heavy atom. The summed E-state index contributed by atoms with van der Waals surface area (Å²) in [4.78, 5) is 23.9. The first-order valence-corrected chi connectivity index (χ1v) is 7.32. The van der Waals surface area contributed by atoms with Crippen molar-refractivity contribution in [2.24, 2.45) is 0 Å². The Morgan fingerprint density at radius 2 is 1.90 bits per heavy atom. The second kappa shape index (κ2) is 7.10. The first-order valence-electron chi connectivity index (χ1n) is 6.12. The predicted molar refractivity (Wildman–Crippen MR) is 81.5 cm³/mol. The van der Waals surface area contributed by atoms with Crippen LogP contribution in [0.5, 0.6) is 0 Å². The van der Waals surface area contributed by atoms with Crippen LogP contribution in [0.2, 0.25) is 4.34 Å². The first kappa shape index (κ1) is 15.3. The lowest BCUT2D eigenvalue weighted by Gasteiger charge is -2.15. The molecule has 7 heteroatoms. The van der Waals surface area contributed by atoms with Crippen LogP contribution in [0, 0.1) is 0 Å². The molecule has 110 valence electrons. The number of carbonyl (C=O) groups excluding carboxylic acids is 1. The zero-order chi connectivity index (χ0) is 15.2. The number of nitrogens with one attached hydrogen (secondary N) is 2. The van der Waals surface area contributed by atoms with Crippen molar-refractivity contribution in [3.05, 3.63) is 57.2 Å². The Balaban J connectivity index is 1.94. The van der Waals surface area contributed by atoms with E-state index in [1.807, 2.05) is 0 Å². The fourth-order valence-corrected chi connectivity index (χ4v) is 2.76. The number of thiophene rings is 1. The number of urea groups is 1. The Kier molecular flexibility index (Phi) is 5.19. The molecule has 1 heterocycles. The topological polar surface area (TPSA) is 78.4 Å². The van der Waals surface area contributed by atoms with Gasteiger partial charge in [0, 0.05) is 4.88 Å². The van der Waals surface area contributed by atoms with Crippen molar-refractivity contribution in [2.45, 2.75) is 12.6 Å². The van der Waals surface area contributed by atoms with Crippen molar-refractivity contribution in [2.75, 3.05) is 0 Å². The number of carboxylic acid groups (broad SMARTS) is 1.